The molecule has 0 bridgehead atoms. The third kappa shape index (κ3) is 3.84. The summed E-state index contributed by atoms with van der Waals surface area (Å²) in [5.41, 5.74) is 13.1. The first-order valence-corrected chi connectivity index (χ1v) is 10.6. The summed E-state index contributed by atoms with van der Waals surface area (Å²) in [6.07, 6.45) is 0. The molecule has 28 heavy (non-hydrogen) atoms. The van der Waals surface area contributed by atoms with Crippen LogP contribution in [0.4, 0.5) is 5.13 Å². The zero-order valence-corrected chi connectivity index (χ0v) is 17.8. The van der Waals surface area contributed by atoms with Crippen LogP contribution < -0.4 is 11.5 Å². The molecular formula is C17H17N5O3S3. The number of esters is 1. The van der Waals surface area contributed by atoms with Crippen molar-refractivity contribution in [2.24, 2.45) is 5.73 Å². The van der Waals surface area contributed by atoms with E-state index in [0.29, 0.717) is 16.6 Å². The van der Waals surface area contributed by atoms with Gasteiger partial charge < -0.3 is 20.9 Å². The molecule has 3 heterocycles. The number of aryl methyl sites for hydroxylation is 1. The van der Waals surface area contributed by atoms with Crippen LogP contribution in [-0.4, -0.2) is 23.3 Å². The third-order valence-corrected chi connectivity index (χ3v) is 7.20. The predicted octanol–water partition coefficient (Wildman–Crippen LogP) is 3.04. The molecule has 8 nitrogen and oxygen atoms in total. The van der Waals surface area contributed by atoms with Gasteiger partial charge in [0.15, 0.2) is 4.34 Å². The molecule has 0 aliphatic carbocycles. The topological polar surface area (TPSA) is 137 Å². The van der Waals surface area contributed by atoms with Gasteiger partial charge in [-0.1, -0.05) is 23.1 Å². The predicted molar refractivity (Wildman–Crippen MR) is 108 cm³/mol. The zero-order valence-electron chi connectivity index (χ0n) is 15.3. The van der Waals surface area contributed by atoms with E-state index in [0.717, 1.165) is 19.7 Å². The SMILES string of the molecule is COC(=O)C1=C(C)OC(N)=C(C#N)[C@H]1c1cc(CSc2nnc(N)s2)c(C)s1. The van der Waals surface area contributed by atoms with Crippen LogP contribution in [0.3, 0.4) is 0 Å². The Morgan fingerprint density at radius 1 is 1.39 bits per heavy atom. The van der Waals surface area contributed by atoms with Crippen LogP contribution >= 0.6 is 34.4 Å². The Morgan fingerprint density at radius 2 is 2.14 bits per heavy atom. The first kappa shape index (κ1) is 20.2. The number of allylic oxidation sites excluding steroid dienone is 2. The van der Waals surface area contributed by atoms with E-state index in [1.807, 2.05) is 13.0 Å². The average Bonchev–Trinajstić information content (AvgIpc) is 3.24. The molecule has 2 aromatic heterocycles. The second-order valence-corrected chi connectivity index (χ2v) is 9.33. The molecule has 4 N–H and O–H groups in total. The highest BCUT2D eigenvalue weighted by Gasteiger charge is 2.37. The van der Waals surface area contributed by atoms with Crippen LogP contribution in [0.15, 0.2) is 33.2 Å². The number of thiophene rings is 1. The number of aromatic nitrogens is 2. The summed E-state index contributed by atoms with van der Waals surface area (Å²) in [5, 5.41) is 17.9. The van der Waals surface area contributed by atoms with Crippen molar-refractivity contribution >= 4 is 45.5 Å². The molecule has 0 saturated carbocycles. The minimum absolute atomic E-state index is 0.00367. The first-order chi connectivity index (χ1) is 13.3. The van der Waals surface area contributed by atoms with E-state index in [-0.39, 0.29) is 17.0 Å². The zero-order chi connectivity index (χ0) is 20.4. The molecule has 0 aromatic carbocycles. The molecule has 3 rings (SSSR count). The van der Waals surface area contributed by atoms with E-state index < -0.39 is 11.9 Å². The number of nitrogens with two attached hydrogens (primary N) is 2. The minimum atomic E-state index is -0.620. The molecule has 11 heteroatoms. The fourth-order valence-electron chi connectivity index (χ4n) is 2.79. The Morgan fingerprint density at radius 3 is 2.75 bits per heavy atom. The molecule has 0 radical (unpaired) electrons. The highest BCUT2D eigenvalue weighted by molar-refractivity contribution is 8.00. The lowest BCUT2D eigenvalue weighted by molar-refractivity contribution is -0.136. The number of nitriles is 1. The van der Waals surface area contributed by atoms with E-state index in [2.05, 4.69) is 16.3 Å². The van der Waals surface area contributed by atoms with Gasteiger partial charge in [-0.2, -0.15) is 5.26 Å². The monoisotopic (exact) mass is 435 g/mol. The summed E-state index contributed by atoms with van der Waals surface area (Å²) in [6.45, 7) is 3.63. The summed E-state index contributed by atoms with van der Waals surface area (Å²) in [6, 6.07) is 4.06. The maximum atomic E-state index is 12.4. The van der Waals surface area contributed by atoms with Crippen molar-refractivity contribution in [2.45, 2.75) is 29.9 Å². The Kier molecular flexibility index (Phi) is 5.93. The lowest BCUT2D eigenvalue weighted by atomic mass is 9.87. The Labute approximate surface area is 173 Å². The molecule has 0 unspecified atom stereocenters. The second-order valence-electron chi connectivity index (χ2n) is 5.81. The number of nitrogen functional groups attached to an aromatic ring is 1. The van der Waals surface area contributed by atoms with Gasteiger partial charge in [-0.05, 0) is 25.5 Å². The van der Waals surface area contributed by atoms with E-state index in [1.54, 1.807) is 6.92 Å². The van der Waals surface area contributed by atoms with Gasteiger partial charge in [-0.15, -0.1) is 21.5 Å². The number of hydrogen-bond donors (Lipinski definition) is 2. The summed E-state index contributed by atoms with van der Waals surface area (Å²) >= 11 is 4.37. The number of anilines is 1. The largest absolute Gasteiger partial charge is 0.466 e. The quantitative estimate of drug-likeness (QED) is 0.536. The smallest absolute Gasteiger partial charge is 0.338 e. The van der Waals surface area contributed by atoms with Crippen LogP contribution in [0, 0.1) is 18.3 Å². The molecule has 0 saturated heterocycles. The van der Waals surface area contributed by atoms with Crippen molar-refractivity contribution in [1.29, 1.82) is 5.26 Å². The highest BCUT2D eigenvalue weighted by atomic mass is 32.2. The number of carbonyl (C=O) groups excluding carboxylic acids is 1. The van der Waals surface area contributed by atoms with Crippen LogP contribution in [0.1, 0.15) is 28.2 Å². The summed E-state index contributed by atoms with van der Waals surface area (Å²) in [5.74, 6) is -0.166. The molecular weight excluding hydrogens is 418 g/mol. The number of methoxy groups -OCH3 is 1. The lowest BCUT2D eigenvalue weighted by Crippen LogP contribution is -2.24. The Hall–Kier alpha value is -2.55. The summed E-state index contributed by atoms with van der Waals surface area (Å²) in [7, 11) is 1.29. The highest BCUT2D eigenvalue weighted by Crippen LogP contribution is 2.43. The van der Waals surface area contributed by atoms with E-state index in [1.165, 1.54) is 41.5 Å². The van der Waals surface area contributed by atoms with Crippen LogP contribution in [0.25, 0.3) is 0 Å². The van der Waals surface area contributed by atoms with Gasteiger partial charge in [0.2, 0.25) is 11.0 Å². The number of rotatable bonds is 5. The molecule has 1 aliphatic rings. The van der Waals surface area contributed by atoms with E-state index in [9.17, 15) is 10.1 Å². The van der Waals surface area contributed by atoms with Gasteiger partial charge in [-0.25, -0.2) is 4.79 Å². The van der Waals surface area contributed by atoms with Gasteiger partial charge in [0.1, 0.15) is 17.4 Å². The van der Waals surface area contributed by atoms with Gasteiger partial charge in [0.25, 0.3) is 0 Å². The Bertz CT molecular complexity index is 1030. The van der Waals surface area contributed by atoms with E-state index >= 15 is 0 Å². The summed E-state index contributed by atoms with van der Waals surface area (Å²) in [4.78, 5) is 14.3. The third-order valence-electron chi connectivity index (χ3n) is 4.11. The number of thioether (sulfide) groups is 1. The molecule has 2 aromatic rings. The number of carbonyl (C=O) groups is 1. The summed E-state index contributed by atoms with van der Waals surface area (Å²) < 4.78 is 11.1. The van der Waals surface area contributed by atoms with E-state index in [4.69, 9.17) is 20.9 Å². The lowest BCUT2D eigenvalue weighted by Gasteiger charge is -2.25. The van der Waals surface area contributed by atoms with Crippen molar-refractivity contribution in [1.82, 2.24) is 10.2 Å². The molecule has 0 amide bonds. The molecule has 146 valence electrons. The molecule has 0 spiro atoms. The van der Waals surface area contributed by atoms with Crippen LogP contribution in [0.5, 0.6) is 0 Å². The fourth-order valence-corrected chi connectivity index (χ4v) is 5.74. The van der Waals surface area contributed by atoms with Gasteiger partial charge in [-0.3, -0.25) is 0 Å². The van der Waals surface area contributed by atoms with Gasteiger partial charge in [0, 0.05) is 15.5 Å². The van der Waals surface area contributed by atoms with Crippen molar-refractivity contribution in [3.8, 4) is 6.07 Å². The average molecular weight is 436 g/mol. The second kappa shape index (κ2) is 8.22. The minimum Gasteiger partial charge on any atom is -0.466 e. The molecule has 1 atom stereocenters. The van der Waals surface area contributed by atoms with Crippen LogP contribution in [0.2, 0.25) is 0 Å². The van der Waals surface area contributed by atoms with Crippen molar-refractivity contribution in [3.05, 3.63) is 44.2 Å². The number of hydrogen-bond acceptors (Lipinski definition) is 11. The van der Waals surface area contributed by atoms with Crippen molar-refractivity contribution < 1.29 is 14.3 Å². The molecule has 0 fully saturated rings. The van der Waals surface area contributed by atoms with Crippen LogP contribution in [-0.2, 0) is 20.0 Å². The van der Waals surface area contributed by atoms with Crippen molar-refractivity contribution in [3.63, 3.8) is 0 Å². The number of ether oxygens (including phenoxy) is 2. The number of nitrogens with zero attached hydrogens (tertiary/aromatic N) is 3. The maximum absolute atomic E-state index is 12.4. The van der Waals surface area contributed by atoms with Crippen molar-refractivity contribution in [2.75, 3.05) is 12.8 Å². The first-order valence-electron chi connectivity index (χ1n) is 8.03. The standard InChI is InChI=1S/C17H17N5O3S3/c1-7-12(15(23)24-3)13(10(5-18)14(19)25-7)11-4-9(8(2)27-11)6-26-17-22-21-16(20)28-17/h4,13H,6,19H2,1-3H3,(H2,20,21)/t13-/m0/s1. The fraction of sp³-hybridized carbons (Fsp3) is 0.294. The Balaban J connectivity index is 1.96. The normalized spacial score (nSPS) is 16.7. The molecule has 1 aliphatic heterocycles. The van der Waals surface area contributed by atoms with Gasteiger partial charge in [0.05, 0.1) is 18.6 Å². The van der Waals surface area contributed by atoms with Gasteiger partial charge >= 0.3 is 5.97 Å². The maximum Gasteiger partial charge on any atom is 0.338 e.